The molecule has 1 aliphatic rings. The van der Waals surface area contributed by atoms with Crippen molar-refractivity contribution in [2.75, 3.05) is 19.6 Å². The Morgan fingerprint density at radius 1 is 1.04 bits per heavy atom. The van der Waals surface area contributed by atoms with Crippen molar-refractivity contribution in [2.45, 2.75) is 12.8 Å². The van der Waals surface area contributed by atoms with Crippen molar-refractivity contribution >= 4 is 5.91 Å². The van der Waals surface area contributed by atoms with Gasteiger partial charge in [0.15, 0.2) is 0 Å². The van der Waals surface area contributed by atoms with Crippen LogP contribution < -0.4 is 10.6 Å². The van der Waals surface area contributed by atoms with E-state index in [1.807, 2.05) is 42.5 Å². The molecule has 1 amide bonds. The van der Waals surface area contributed by atoms with Crippen LogP contribution in [0.3, 0.4) is 0 Å². The van der Waals surface area contributed by atoms with Gasteiger partial charge in [0.25, 0.3) is 5.91 Å². The maximum absolute atomic E-state index is 12.5. The lowest BCUT2D eigenvalue weighted by Gasteiger charge is -2.15. The highest BCUT2D eigenvalue weighted by Crippen LogP contribution is 2.14. The lowest BCUT2D eigenvalue weighted by Crippen LogP contribution is -2.30. The number of carbonyl (C=O) groups excluding carboxylic acids is 1. The molecule has 0 fully saturated rings. The monoisotopic (exact) mass is 306 g/mol. The molecule has 3 rings (SSSR count). The maximum atomic E-state index is 12.5. The minimum absolute atomic E-state index is 0.0102. The zero-order valence-corrected chi connectivity index (χ0v) is 13.2. The molecule has 0 spiro atoms. The zero-order chi connectivity index (χ0) is 15.9. The molecule has 2 aromatic rings. The summed E-state index contributed by atoms with van der Waals surface area (Å²) in [6.45, 7) is 2.53. The topological polar surface area (TPSA) is 41.1 Å². The van der Waals surface area contributed by atoms with E-state index < -0.39 is 0 Å². The molecule has 2 N–H and O–H groups in total. The molecule has 2 aromatic carbocycles. The summed E-state index contributed by atoms with van der Waals surface area (Å²) in [5.41, 5.74) is 4.35. The number of amides is 1. The third-order valence-corrected chi connectivity index (χ3v) is 4.13. The Labute approximate surface area is 137 Å². The number of rotatable bonds is 5. The average Bonchev–Trinajstić information content (AvgIpc) is 2.62. The molecule has 0 atom stereocenters. The molecule has 0 radical (unpaired) electrons. The minimum Gasteiger partial charge on any atom is -0.348 e. The molecule has 118 valence electrons. The van der Waals surface area contributed by atoms with E-state index in [0.717, 1.165) is 37.1 Å². The first-order chi connectivity index (χ1) is 11.3. The summed E-state index contributed by atoms with van der Waals surface area (Å²) in [4.78, 5) is 12.5. The summed E-state index contributed by atoms with van der Waals surface area (Å²) in [5, 5.41) is 6.34. The Hall–Kier alpha value is -2.39. The number of carbonyl (C=O) groups is 1. The van der Waals surface area contributed by atoms with Gasteiger partial charge in [0, 0.05) is 18.7 Å². The first-order valence-corrected chi connectivity index (χ1v) is 8.11. The van der Waals surface area contributed by atoms with Crippen LogP contribution >= 0.6 is 0 Å². The summed E-state index contributed by atoms with van der Waals surface area (Å²) in [7, 11) is 0. The Bertz CT molecular complexity index is 692. The van der Waals surface area contributed by atoms with Crippen LogP contribution in [0.4, 0.5) is 0 Å². The summed E-state index contributed by atoms with van der Waals surface area (Å²) in [5.74, 6) is 0.0102. The van der Waals surface area contributed by atoms with Crippen molar-refractivity contribution < 1.29 is 4.79 Å². The first-order valence-electron chi connectivity index (χ1n) is 8.11. The molecule has 0 bridgehead atoms. The van der Waals surface area contributed by atoms with Crippen LogP contribution in [0.1, 0.15) is 27.9 Å². The quantitative estimate of drug-likeness (QED) is 0.834. The van der Waals surface area contributed by atoms with Gasteiger partial charge in [-0.05, 0) is 36.6 Å². The normalized spacial score (nSPS) is 14.2. The summed E-state index contributed by atoms with van der Waals surface area (Å²) < 4.78 is 0. The first kappa shape index (κ1) is 15.5. The lowest BCUT2D eigenvalue weighted by molar-refractivity contribution is 0.0956. The Balaban J connectivity index is 1.69. The zero-order valence-electron chi connectivity index (χ0n) is 13.2. The van der Waals surface area contributed by atoms with Crippen LogP contribution in [0.5, 0.6) is 0 Å². The predicted octanol–water partition coefficient (Wildman–Crippen LogP) is 2.93. The van der Waals surface area contributed by atoms with Gasteiger partial charge in [-0.15, -0.1) is 0 Å². The molecule has 3 nitrogen and oxygen atoms in total. The number of benzene rings is 2. The predicted molar refractivity (Wildman–Crippen MR) is 93.6 cm³/mol. The van der Waals surface area contributed by atoms with Gasteiger partial charge in [-0.3, -0.25) is 4.79 Å². The SMILES string of the molecule is O=C(NCC1=CCNCC1)c1ccccc1Cc1ccccc1. The standard InChI is InChI=1S/C20H22N2O/c23-20(22-15-17-10-12-21-13-11-17)19-9-5-4-8-18(19)14-16-6-2-1-3-7-16/h1-10,21H,11-15H2,(H,22,23). The molecule has 1 aliphatic heterocycles. The molecule has 3 heteroatoms. The van der Waals surface area contributed by atoms with Gasteiger partial charge in [0.1, 0.15) is 0 Å². The third kappa shape index (κ3) is 4.30. The van der Waals surface area contributed by atoms with Gasteiger partial charge in [0.2, 0.25) is 0 Å². The Kier molecular flexibility index (Phi) is 5.22. The number of hydrogen-bond acceptors (Lipinski definition) is 2. The van der Waals surface area contributed by atoms with Crippen LogP contribution in [0, 0.1) is 0 Å². The average molecular weight is 306 g/mol. The van der Waals surface area contributed by atoms with E-state index in [2.05, 4.69) is 28.8 Å². The largest absolute Gasteiger partial charge is 0.348 e. The maximum Gasteiger partial charge on any atom is 0.251 e. The van der Waals surface area contributed by atoms with E-state index in [-0.39, 0.29) is 5.91 Å². The van der Waals surface area contributed by atoms with Crippen LogP contribution in [0.25, 0.3) is 0 Å². The lowest BCUT2D eigenvalue weighted by atomic mass is 9.99. The van der Waals surface area contributed by atoms with Crippen molar-refractivity contribution in [3.63, 3.8) is 0 Å². The van der Waals surface area contributed by atoms with Gasteiger partial charge in [-0.25, -0.2) is 0 Å². The van der Waals surface area contributed by atoms with Crippen LogP contribution in [-0.4, -0.2) is 25.5 Å². The fourth-order valence-corrected chi connectivity index (χ4v) is 2.83. The molecule has 0 aromatic heterocycles. The van der Waals surface area contributed by atoms with Crippen molar-refractivity contribution in [3.05, 3.63) is 82.9 Å². The Morgan fingerprint density at radius 3 is 2.61 bits per heavy atom. The van der Waals surface area contributed by atoms with Gasteiger partial charge >= 0.3 is 0 Å². The van der Waals surface area contributed by atoms with E-state index in [0.29, 0.717) is 6.54 Å². The van der Waals surface area contributed by atoms with E-state index in [4.69, 9.17) is 0 Å². The highest BCUT2D eigenvalue weighted by molar-refractivity contribution is 5.95. The number of nitrogens with one attached hydrogen (secondary N) is 2. The minimum atomic E-state index is 0.0102. The Morgan fingerprint density at radius 2 is 1.83 bits per heavy atom. The number of hydrogen-bond donors (Lipinski definition) is 2. The fraction of sp³-hybridized carbons (Fsp3) is 0.250. The van der Waals surface area contributed by atoms with Crippen molar-refractivity contribution in [2.24, 2.45) is 0 Å². The summed E-state index contributed by atoms with van der Waals surface area (Å²) in [6, 6.07) is 18.1. The van der Waals surface area contributed by atoms with Crippen LogP contribution in [0.15, 0.2) is 66.2 Å². The molecular formula is C20H22N2O. The van der Waals surface area contributed by atoms with Crippen LogP contribution in [0.2, 0.25) is 0 Å². The third-order valence-electron chi connectivity index (χ3n) is 4.13. The summed E-state index contributed by atoms with van der Waals surface area (Å²) >= 11 is 0. The van der Waals surface area contributed by atoms with Crippen LogP contribution in [-0.2, 0) is 6.42 Å². The van der Waals surface area contributed by atoms with Gasteiger partial charge in [0.05, 0.1) is 0 Å². The molecule has 1 heterocycles. The van der Waals surface area contributed by atoms with Crippen molar-refractivity contribution in [1.82, 2.24) is 10.6 Å². The van der Waals surface area contributed by atoms with Crippen molar-refractivity contribution in [3.8, 4) is 0 Å². The van der Waals surface area contributed by atoms with E-state index in [9.17, 15) is 4.79 Å². The summed E-state index contributed by atoms with van der Waals surface area (Å²) in [6.07, 6.45) is 3.95. The smallest absolute Gasteiger partial charge is 0.251 e. The second-order valence-electron chi connectivity index (χ2n) is 5.82. The molecule has 0 aliphatic carbocycles. The molecule has 23 heavy (non-hydrogen) atoms. The fourth-order valence-electron chi connectivity index (χ4n) is 2.83. The van der Waals surface area contributed by atoms with Gasteiger partial charge < -0.3 is 10.6 Å². The van der Waals surface area contributed by atoms with E-state index >= 15 is 0 Å². The molecule has 0 saturated carbocycles. The highest BCUT2D eigenvalue weighted by atomic mass is 16.1. The molecule has 0 unspecified atom stereocenters. The van der Waals surface area contributed by atoms with Gasteiger partial charge in [-0.2, -0.15) is 0 Å². The van der Waals surface area contributed by atoms with E-state index in [1.165, 1.54) is 11.1 Å². The highest BCUT2D eigenvalue weighted by Gasteiger charge is 2.12. The second-order valence-corrected chi connectivity index (χ2v) is 5.82. The van der Waals surface area contributed by atoms with Crippen molar-refractivity contribution in [1.29, 1.82) is 0 Å². The molecule has 0 saturated heterocycles. The second kappa shape index (κ2) is 7.75. The van der Waals surface area contributed by atoms with E-state index in [1.54, 1.807) is 0 Å². The molecular weight excluding hydrogens is 284 g/mol. The van der Waals surface area contributed by atoms with Gasteiger partial charge in [-0.1, -0.05) is 60.2 Å².